The first kappa shape index (κ1) is 11.7. The van der Waals surface area contributed by atoms with Crippen LogP contribution >= 0.6 is 11.6 Å². The van der Waals surface area contributed by atoms with Gasteiger partial charge in [0.1, 0.15) is 5.75 Å². The zero-order valence-electron chi connectivity index (χ0n) is 9.08. The topological polar surface area (TPSA) is 41.5 Å². The molecule has 1 fully saturated rings. The Morgan fingerprint density at radius 2 is 2.38 bits per heavy atom. The molecular weight excluding hydrogens is 226 g/mol. The van der Waals surface area contributed by atoms with Crippen molar-refractivity contribution in [1.29, 1.82) is 0 Å². The summed E-state index contributed by atoms with van der Waals surface area (Å²) in [6.07, 6.45) is 2.66. The molecule has 2 N–H and O–H groups in total. The van der Waals surface area contributed by atoms with E-state index in [0.717, 1.165) is 38.1 Å². The molecule has 1 unspecified atom stereocenters. The fourth-order valence-corrected chi connectivity index (χ4v) is 2.05. The summed E-state index contributed by atoms with van der Waals surface area (Å²) in [5.74, 6) is 0.129. The van der Waals surface area contributed by atoms with E-state index in [0.29, 0.717) is 11.1 Å². The molecule has 1 heterocycles. The highest BCUT2D eigenvalue weighted by Crippen LogP contribution is 2.23. The average Bonchev–Trinajstić information content (AvgIpc) is 2.76. The van der Waals surface area contributed by atoms with Crippen molar-refractivity contribution in [2.24, 2.45) is 0 Å². The van der Waals surface area contributed by atoms with Gasteiger partial charge < -0.3 is 15.2 Å². The molecular formula is C12H16ClNO2. The smallest absolute Gasteiger partial charge is 0.134 e. The Morgan fingerprint density at radius 1 is 1.50 bits per heavy atom. The maximum atomic E-state index is 9.27. The van der Waals surface area contributed by atoms with E-state index in [9.17, 15) is 5.11 Å². The Kier molecular flexibility index (Phi) is 4.04. The van der Waals surface area contributed by atoms with E-state index in [-0.39, 0.29) is 5.75 Å². The highest BCUT2D eigenvalue weighted by Gasteiger charge is 2.14. The third-order valence-corrected chi connectivity index (χ3v) is 3.04. The van der Waals surface area contributed by atoms with Gasteiger partial charge in [0, 0.05) is 19.7 Å². The molecule has 16 heavy (non-hydrogen) atoms. The van der Waals surface area contributed by atoms with Gasteiger partial charge in [-0.15, -0.1) is 0 Å². The molecule has 1 atom stereocenters. The van der Waals surface area contributed by atoms with Crippen LogP contribution in [0.1, 0.15) is 18.4 Å². The number of halogens is 1. The number of aromatic hydroxyl groups is 1. The van der Waals surface area contributed by atoms with Gasteiger partial charge in [-0.2, -0.15) is 0 Å². The number of phenolic OH excluding ortho intramolecular Hbond substituents is 1. The van der Waals surface area contributed by atoms with Gasteiger partial charge in [-0.1, -0.05) is 17.7 Å². The molecule has 1 aromatic rings. The fraction of sp³-hybridized carbons (Fsp3) is 0.500. The first-order chi connectivity index (χ1) is 7.75. The number of hydrogen-bond donors (Lipinski definition) is 2. The molecule has 88 valence electrons. The number of rotatable bonds is 4. The SMILES string of the molecule is Oc1ccc(CNCC2CCCO2)cc1Cl. The Hall–Kier alpha value is -0.770. The van der Waals surface area contributed by atoms with Crippen LogP contribution in [0.3, 0.4) is 0 Å². The number of nitrogens with one attached hydrogen (secondary N) is 1. The van der Waals surface area contributed by atoms with E-state index in [1.807, 2.05) is 6.07 Å². The van der Waals surface area contributed by atoms with Gasteiger partial charge in [0.2, 0.25) is 0 Å². The minimum atomic E-state index is 0.129. The summed E-state index contributed by atoms with van der Waals surface area (Å²) in [7, 11) is 0. The lowest BCUT2D eigenvalue weighted by Gasteiger charge is -2.10. The van der Waals surface area contributed by atoms with E-state index < -0.39 is 0 Å². The monoisotopic (exact) mass is 241 g/mol. The molecule has 1 aliphatic heterocycles. The van der Waals surface area contributed by atoms with E-state index >= 15 is 0 Å². The Bertz CT molecular complexity index is 351. The van der Waals surface area contributed by atoms with Gasteiger partial charge in [-0.05, 0) is 30.5 Å². The summed E-state index contributed by atoms with van der Waals surface area (Å²) in [5.41, 5.74) is 1.07. The number of phenols is 1. The first-order valence-corrected chi connectivity index (χ1v) is 5.93. The molecule has 2 rings (SSSR count). The molecule has 1 aliphatic rings. The van der Waals surface area contributed by atoms with Crippen LogP contribution in [-0.2, 0) is 11.3 Å². The van der Waals surface area contributed by atoms with Crippen molar-refractivity contribution in [1.82, 2.24) is 5.32 Å². The summed E-state index contributed by atoms with van der Waals surface area (Å²) >= 11 is 5.82. The van der Waals surface area contributed by atoms with Crippen LogP contribution in [0.5, 0.6) is 5.75 Å². The minimum absolute atomic E-state index is 0.129. The van der Waals surface area contributed by atoms with Crippen LogP contribution in [0.25, 0.3) is 0 Å². The van der Waals surface area contributed by atoms with Crippen LogP contribution in [0, 0.1) is 0 Å². The third kappa shape index (κ3) is 3.11. The molecule has 3 nitrogen and oxygen atoms in total. The molecule has 1 saturated heterocycles. The molecule has 0 spiro atoms. The van der Waals surface area contributed by atoms with Crippen LogP contribution in [0.2, 0.25) is 5.02 Å². The number of hydrogen-bond acceptors (Lipinski definition) is 3. The predicted octanol–water partition coefficient (Wildman–Crippen LogP) is 2.31. The zero-order valence-corrected chi connectivity index (χ0v) is 9.83. The van der Waals surface area contributed by atoms with Crippen LogP contribution in [0.4, 0.5) is 0 Å². The third-order valence-electron chi connectivity index (χ3n) is 2.74. The number of ether oxygens (including phenoxy) is 1. The van der Waals surface area contributed by atoms with E-state index in [1.165, 1.54) is 0 Å². The maximum absolute atomic E-state index is 9.27. The Morgan fingerprint density at radius 3 is 3.06 bits per heavy atom. The van der Waals surface area contributed by atoms with Gasteiger partial charge in [0.05, 0.1) is 11.1 Å². The van der Waals surface area contributed by atoms with E-state index in [4.69, 9.17) is 16.3 Å². The van der Waals surface area contributed by atoms with Crippen LogP contribution < -0.4 is 5.32 Å². The normalized spacial score (nSPS) is 20.2. The predicted molar refractivity (Wildman–Crippen MR) is 63.8 cm³/mol. The fourth-order valence-electron chi connectivity index (χ4n) is 1.84. The molecule has 4 heteroatoms. The summed E-state index contributed by atoms with van der Waals surface area (Å²) in [4.78, 5) is 0. The summed E-state index contributed by atoms with van der Waals surface area (Å²) in [6, 6.07) is 5.26. The van der Waals surface area contributed by atoms with Gasteiger partial charge in [0.25, 0.3) is 0 Å². The van der Waals surface area contributed by atoms with Crippen molar-refractivity contribution < 1.29 is 9.84 Å². The van der Waals surface area contributed by atoms with Crippen molar-refractivity contribution in [3.8, 4) is 5.75 Å². The second-order valence-corrected chi connectivity index (χ2v) is 4.46. The highest BCUT2D eigenvalue weighted by molar-refractivity contribution is 6.32. The first-order valence-electron chi connectivity index (χ1n) is 5.55. The largest absolute Gasteiger partial charge is 0.506 e. The van der Waals surface area contributed by atoms with Crippen molar-refractivity contribution >= 4 is 11.6 Å². The van der Waals surface area contributed by atoms with Crippen molar-refractivity contribution in [3.05, 3.63) is 28.8 Å². The number of benzene rings is 1. The molecule has 0 saturated carbocycles. The lowest BCUT2D eigenvalue weighted by Crippen LogP contribution is -2.25. The lowest BCUT2D eigenvalue weighted by atomic mass is 10.2. The van der Waals surface area contributed by atoms with Crippen molar-refractivity contribution in [3.63, 3.8) is 0 Å². The lowest BCUT2D eigenvalue weighted by molar-refractivity contribution is 0.110. The van der Waals surface area contributed by atoms with Crippen LogP contribution in [-0.4, -0.2) is 24.4 Å². The Balaban J connectivity index is 1.78. The molecule has 1 aromatic carbocycles. The average molecular weight is 242 g/mol. The Labute approximate surface area is 100 Å². The maximum Gasteiger partial charge on any atom is 0.134 e. The standard InChI is InChI=1S/C12H16ClNO2/c13-11-6-9(3-4-12(11)15)7-14-8-10-2-1-5-16-10/h3-4,6,10,14-15H,1-2,5,7-8H2. The zero-order chi connectivity index (χ0) is 11.4. The van der Waals surface area contributed by atoms with Crippen molar-refractivity contribution in [2.45, 2.75) is 25.5 Å². The minimum Gasteiger partial charge on any atom is -0.506 e. The van der Waals surface area contributed by atoms with Gasteiger partial charge in [-0.3, -0.25) is 0 Å². The van der Waals surface area contributed by atoms with Crippen LogP contribution in [0.15, 0.2) is 18.2 Å². The molecule has 0 bridgehead atoms. The molecule has 0 amide bonds. The second-order valence-electron chi connectivity index (χ2n) is 4.05. The van der Waals surface area contributed by atoms with Gasteiger partial charge >= 0.3 is 0 Å². The van der Waals surface area contributed by atoms with Gasteiger partial charge in [-0.25, -0.2) is 0 Å². The highest BCUT2D eigenvalue weighted by atomic mass is 35.5. The summed E-state index contributed by atoms with van der Waals surface area (Å²) < 4.78 is 5.51. The van der Waals surface area contributed by atoms with E-state index in [1.54, 1.807) is 12.1 Å². The molecule has 0 aromatic heterocycles. The quantitative estimate of drug-likeness (QED) is 0.850. The van der Waals surface area contributed by atoms with Gasteiger partial charge in [0.15, 0.2) is 0 Å². The second kappa shape index (κ2) is 5.53. The molecule has 0 radical (unpaired) electrons. The van der Waals surface area contributed by atoms with E-state index in [2.05, 4.69) is 5.32 Å². The summed E-state index contributed by atoms with van der Waals surface area (Å²) in [6.45, 7) is 2.51. The van der Waals surface area contributed by atoms with Crippen molar-refractivity contribution in [2.75, 3.05) is 13.2 Å². The molecule has 0 aliphatic carbocycles. The summed E-state index contributed by atoms with van der Waals surface area (Å²) in [5, 5.41) is 13.0.